The molecule has 0 aliphatic carbocycles. The molecule has 0 aliphatic heterocycles. The van der Waals surface area contributed by atoms with Crippen LogP contribution >= 0.6 is 0 Å². The molecule has 0 atom stereocenters. The molecule has 0 spiro atoms. The molecule has 0 aliphatic rings. The third-order valence-electron chi connectivity index (χ3n) is 4.12. The number of ether oxygens (including phenoxy) is 3. The summed E-state index contributed by atoms with van der Waals surface area (Å²) in [6, 6.07) is 9.44. The molecule has 0 amide bonds. The normalized spacial score (nSPS) is 10.2. The SMILES string of the molecule is COc1cc(CCC(=O)OCC(=O)c2ccc(C)c([N+](=O)[O-])c2)cc(OC)c1. The third kappa shape index (κ3) is 5.54. The number of aryl methyl sites for hydroxylation is 2. The lowest BCUT2D eigenvalue weighted by Crippen LogP contribution is -2.15. The van der Waals surface area contributed by atoms with E-state index in [2.05, 4.69) is 0 Å². The highest BCUT2D eigenvalue weighted by atomic mass is 16.6. The quantitative estimate of drug-likeness (QED) is 0.281. The summed E-state index contributed by atoms with van der Waals surface area (Å²) >= 11 is 0. The van der Waals surface area contributed by atoms with E-state index in [0.29, 0.717) is 23.5 Å². The fourth-order valence-corrected chi connectivity index (χ4v) is 2.54. The zero-order valence-corrected chi connectivity index (χ0v) is 15.9. The number of nitro benzene ring substituents is 1. The molecule has 28 heavy (non-hydrogen) atoms. The molecule has 0 heterocycles. The minimum atomic E-state index is -0.555. The first kappa shape index (κ1) is 20.9. The highest BCUT2D eigenvalue weighted by molar-refractivity contribution is 5.98. The summed E-state index contributed by atoms with van der Waals surface area (Å²) in [6.45, 7) is 1.11. The number of esters is 1. The largest absolute Gasteiger partial charge is 0.497 e. The number of carbonyl (C=O) groups excluding carboxylic acids is 2. The molecule has 2 aromatic carbocycles. The van der Waals surface area contributed by atoms with E-state index in [1.54, 1.807) is 25.1 Å². The molecule has 2 aromatic rings. The van der Waals surface area contributed by atoms with Crippen LogP contribution in [0.25, 0.3) is 0 Å². The van der Waals surface area contributed by atoms with Crippen molar-refractivity contribution in [2.45, 2.75) is 19.8 Å². The lowest BCUT2D eigenvalue weighted by molar-refractivity contribution is -0.385. The van der Waals surface area contributed by atoms with Gasteiger partial charge in [-0.05, 0) is 31.0 Å². The van der Waals surface area contributed by atoms with Gasteiger partial charge in [0.15, 0.2) is 6.61 Å². The van der Waals surface area contributed by atoms with Gasteiger partial charge in [0.05, 0.1) is 19.1 Å². The van der Waals surface area contributed by atoms with E-state index < -0.39 is 23.3 Å². The standard InChI is InChI=1S/C20H21NO7/c1-13-4-6-15(10-18(13)21(24)25)19(22)12-28-20(23)7-5-14-8-16(26-2)11-17(9-14)27-3/h4,6,8-11H,5,7,12H2,1-3H3. The van der Waals surface area contributed by atoms with Gasteiger partial charge in [-0.3, -0.25) is 19.7 Å². The number of benzene rings is 2. The van der Waals surface area contributed by atoms with Crippen molar-refractivity contribution < 1.29 is 28.7 Å². The Morgan fingerprint density at radius 3 is 2.25 bits per heavy atom. The van der Waals surface area contributed by atoms with Gasteiger partial charge in [-0.1, -0.05) is 12.1 Å². The Morgan fingerprint density at radius 2 is 1.68 bits per heavy atom. The Hall–Kier alpha value is -3.42. The summed E-state index contributed by atoms with van der Waals surface area (Å²) in [5.74, 6) is 0.175. The van der Waals surface area contributed by atoms with Crippen molar-refractivity contribution in [1.29, 1.82) is 0 Å². The lowest BCUT2D eigenvalue weighted by atomic mass is 10.1. The molecular formula is C20H21NO7. The van der Waals surface area contributed by atoms with Crippen molar-refractivity contribution in [1.82, 2.24) is 0 Å². The van der Waals surface area contributed by atoms with Gasteiger partial charge in [-0.15, -0.1) is 0 Å². The fraction of sp³-hybridized carbons (Fsp3) is 0.300. The van der Waals surface area contributed by atoms with E-state index in [9.17, 15) is 19.7 Å². The highest BCUT2D eigenvalue weighted by Crippen LogP contribution is 2.23. The van der Waals surface area contributed by atoms with Crippen LogP contribution in [0.5, 0.6) is 11.5 Å². The molecule has 0 fully saturated rings. The Balaban J connectivity index is 1.91. The Morgan fingerprint density at radius 1 is 1.04 bits per heavy atom. The molecule has 0 radical (unpaired) electrons. The molecule has 0 saturated carbocycles. The van der Waals surface area contributed by atoms with Crippen molar-refractivity contribution in [3.8, 4) is 11.5 Å². The summed E-state index contributed by atoms with van der Waals surface area (Å²) < 4.78 is 15.4. The van der Waals surface area contributed by atoms with Crippen LogP contribution in [-0.2, 0) is 16.0 Å². The number of carbonyl (C=O) groups is 2. The van der Waals surface area contributed by atoms with Gasteiger partial charge in [-0.25, -0.2) is 0 Å². The lowest BCUT2D eigenvalue weighted by Gasteiger charge is -2.09. The van der Waals surface area contributed by atoms with E-state index in [0.717, 1.165) is 5.56 Å². The number of hydrogen-bond donors (Lipinski definition) is 0. The van der Waals surface area contributed by atoms with E-state index in [1.807, 2.05) is 0 Å². The summed E-state index contributed by atoms with van der Waals surface area (Å²) in [5, 5.41) is 11.0. The van der Waals surface area contributed by atoms with Crippen LogP contribution < -0.4 is 9.47 Å². The minimum absolute atomic E-state index is 0.0671. The first-order valence-corrected chi connectivity index (χ1v) is 8.50. The molecular weight excluding hydrogens is 366 g/mol. The van der Waals surface area contributed by atoms with Crippen LogP contribution in [0.3, 0.4) is 0 Å². The zero-order chi connectivity index (χ0) is 20.7. The van der Waals surface area contributed by atoms with Crippen molar-refractivity contribution >= 4 is 17.4 Å². The molecule has 0 bridgehead atoms. The van der Waals surface area contributed by atoms with Crippen LogP contribution in [0.4, 0.5) is 5.69 Å². The molecule has 0 unspecified atom stereocenters. The van der Waals surface area contributed by atoms with Gasteiger partial charge in [0.1, 0.15) is 11.5 Å². The first-order valence-electron chi connectivity index (χ1n) is 8.50. The van der Waals surface area contributed by atoms with Gasteiger partial charge in [-0.2, -0.15) is 0 Å². The van der Waals surface area contributed by atoms with Crippen LogP contribution in [0.2, 0.25) is 0 Å². The third-order valence-corrected chi connectivity index (χ3v) is 4.12. The van der Waals surface area contributed by atoms with Gasteiger partial charge in [0.2, 0.25) is 5.78 Å². The maximum atomic E-state index is 12.1. The zero-order valence-electron chi connectivity index (χ0n) is 15.9. The van der Waals surface area contributed by atoms with Crippen LogP contribution in [0, 0.1) is 17.0 Å². The number of rotatable bonds is 9. The highest BCUT2D eigenvalue weighted by Gasteiger charge is 2.16. The second kappa shape index (κ2) is 9.50. The average Bonchev–Trinajstić information content (AvgIpc) is 2.70. The van der Waals surface area contributed by atoms with E-state index >= 15 is 0 Å². The average molecular weight is 387 g/mol. The number of Topliss-reactive ketones (excluding diaryl/α,β-unsaturated/α-hetero) is 1. The topological polar surface area (TPSA) is 105 Å². The van der Waals surface area contributed by atoms with Crippen LogP contribution in [-0.4, -0.2) is 37.5 Å². The maximum absolute atomic E-state index is 12.1. The second-order valence-corrected chi connectivity index (χ2v) is 6.06. The van der Waals surface area contributed by atoms with Gasteiger partial charge >= 0.3 is 5.97 Å². The number of ketones is 1. The van der Waals surface area contributed by atoms with Gasteiger partial charge < -0.3 is 14.2 Å². The van der Waals surface area contributed by atoms with E-state index in [-0.39, 0.29) is 17.7 Å². The van der Waals surface area contributed by atoms with Gasteiger partial charge in [0.25, 0.3) is 5.69 Å². The van der Waals surface area contributed by atoms with E-state index in [1.165, 1.54) is 32.4 Å². The van der Waals surface area contributed by atoms with Crippen molar-refractivity contribution in [2.75, 3.05) is 20.8 Å². The molecule has 0 aromatic heterocycles. The number of nitro groups is 1. The molecule has 0 saturated heterocycles. The maximum Gasteiger partial charge on any atom is 0.306 e. The number of hydrogen-bond acceptors (Lipinski definition) is 7. The predicted molar refractivity (Wildman–Crippen MR) is 101 cm³/mol. The summed E-state index contributed by atoms with van der Waals surface area (Å²) in [4.78, 5) is 34.5. The van der Waals surface area contributed by atoms with Gasteiger partial charge in [0, 0.05) is 29.7 Å². The van der Waals surface area contributed by atoms with E-state index in [4.69, 9.17) is 14.2 Å². The predicted octanol–water partition coefficient (Wildman–Crippen LogP) is 3.28. The smallest absolute Gasteiger partial charge is 0.306 e. The Kier molecular flexibility index (Phi) is 7.08. The second-order valence-electron chi connectivity index (χ2n) is 6.06. The monoisotopic (exact) mass is 387 g/mol. The molecule has 148 valence electrons. The van der Waals surface area contributed by atoms with Crippen LogP contribution in [0.1, 0.15) is 27.9 Å². The summed E-state index contributed by atoms with van der Waals surface area (Å²) in [7, 11) is 3.07. The van der Waals surface area contributed by atoms with Crippen molar-refractivity contribution in [2.24, 2.45) is 0 Å². The van der Waals surface area contributed by atoms with Crippen LogP contribution in [0.15, 0.2) is 36.4 Å². The Bertz CT molecular complexity index is 870. The number of nitrogens with zero attached hydrogens (tertiary/aromatic N) is 1. The fourth-order valence-electron chi connectivity index (χ4n) is 2.54. The molecule has 8 heteroatoms. The first-order chi connectivity index (χ1) is 13.3. The number of methoxy groups -OCH3 is 2. The van der Waals surface area contributed by atoms with Crippen molar-refractivity contribution in [3.63, 3.8) is 0 Å². The summed E-state index contributed by atoms with van der Waals surface area (Å²) in [5.41, 5.74) is 1.26. The Labute approximate surface area is 162 Å². The molecule has 0 N–H and O–H groups in total. The molecule has 2 rings (SSSR count). The summed E-state index contributed by atoms with van der Waals surface area (Å²) in [6.07, 6.45) is 0.453. The van der Waals surface area contributed by atoms with Crippen molar-refractivity contribution in [3.05, 3.63) is 63.2 Å². The minimum Gasteiger partial charge on any atom is -0.497 e. The molecule has 8 nitrogen and oxygen atoms in total.